The Morgan fingerprint density at radius 1 is 1.12 bits per heavy atom. The van der Waals surface area contributed by atoms with Crippen LogP contribution in [-0.2, 0) is 25.4 Å². The summed E-state index contributed by atoms with van der Waals surface area (Å²) < 4.78 is 20.9. The van der Waals surface area contributed by atoms with Crippen LogP contribution in [0, 0.1) is 0 Å². The third-order valence-corrected chi connectivity index (χ3v) is 4.15. The summed E-state index contributed by atoms with van der Waals surface area (Å²) in [6.07, 6.45) is 2.62. The second kappa shape index (κ2) is 6.78. The molecule has 0 bridgehead atoms. The van der Waals surface area contributed by atoms with Gasteiger partial charge in [-0.3, -0.25) is 0 Å². The number of hydrogen-bond donors (Lipinski definition) is 0. The summed E-state index contributed by atoms with van der Waals surface area (Å²) in [7, 11) is 0. The van der Waals surface area contributed by atoms with Crippen LogP contribution in [0.2, 0.25) is 0 Å². The van der Waals surface area contributed by atoms with Crippen molar-refractivity contribution in [3.05, 3.63) is 60.1 Å². The summed E-state index contributed by atoms with van der Waals surface area (Å²) in [5, 5.41) is 0. The maximum Gasteiger partial charge on any atom is 0.339 e. The van der Waals surface area contributed by atoms with Gasteiger partial charge in [-0.2, -0.15) is 0 Å². The van der Waals surface area contributed by atoms with Gasteiger partial charge in [0.1, 0.15) is 13.2 Å². The van der Waals surface area contributed by atoms with Crippen molar-refractivity contribution < 1.29 is 28.5 Å². The van der Waals surface area contributed by atoms with E-state index in [1.165, 1.54) is 12.5 Å². The van der Waals surface area contributed by atoms with Crippen LogP contribution in [0.5, 0.6) is 0 Å². The lowest BCUT2D eigenvalue weighted by atomic mass is 9.74. The van der Waals surface area contributed by atoms with Gasteiger partial charge < -0.3 is 18.9 Å². The van der Waals surface area contributed by atoms with Crippen molar-refractivity contribution in [3.8, 4) is 0 Å². The van der Waals surface area contributed by atoms with E-state index in [2.05, 4.69) is 13.2 Å². The molecule has 1 heterocycles. The van der Waals surface area contributed by atoms with E-state index in [0.29, 0.717) is 13.0 Å². The van der Waals surface area contributed by atoms with Crippen LogP contribution < -0.4 is 0 Å². The maximum atomic E-state index is 12.5. The lowest BCUT2D eigenvalue weighted by Gasteiger charge is -2.33. The van der Waals surface area contributed by atoms with E-state index in [1.807, 2.05) is 6.07 Å². The molecule has 1 aliphatic heterocycles. The normalized spacial score (nSPS) is 21.7. The van der Waals surface area contributed by atoms with Gasteiger partial charge in [0.2, 0.25) is 0 Å². The number of rotatable bonds is 6. The summed E-state index contributed by atoms with van der Waals surface area (Å²) in [5.41, 5.74) is 2.33. The van der Waals surface area contributed by atoms with Crippen LogP contribution in [0.4, 0.5) is 0 Å². The first-order chi connectivity index (χ1) is 11.7. The number of carbonyl (C=O) groups is 2. The van der Waals surface area contributed by atoms with Crippen LogP contribution in [0.1, 0.15) is 37.8 Å². The predicted molar refractivity (Wildman–Crippen MR) is 84.7 cm³/mol. The van der Waals surface area contributed by atoms with Crippen molar-refractivity contribution in [2.45, 2.75) is 18.4 Å². The standard InChI is InChI=1S/C18H18O6/c1-3-21-8-11-7-15-13(11)5-6-14-16(15)18(20)24-12(9-22-4-2)10-23-17(14)19/h3-6,11-12H,1-2,7-10H2. The lowest BCUT2D eigenvalue weighted by molar-refractivity contribution is -0.0225. The van der Waals surface area contributed by atoms with Gasteiger partial charge in [0.15, 0.2) is 6.10 Å². The number of esters is 2. The molecule has 6 nitrogen and oxygen atoms in total. The van der Waals surface area contributed by atoms with Crippen molar-refractivity contribution in [2.75, 3.05) is 19.8 Å². The minimum absolute atomic E-state index is 0.0509. The van der Waals surface area contributed by atoms with Crippen LogP contribution in [0.3, 0.4) is 0 Å². The Balaban J connectivity index is 1.89. The molecule has 0 radical (unpaired) electrons. The molecule has 0 saturated heterocycles. The van der Waals surface area contributed by atoms with E-state index in [-0.39, 0.29) is 30.3 Å². The van der Waals surface area contributed by atoms with Crippen molar-refractivity contribution >= 4 is 11.9 Å². The third-order valence-electron chi connectivity index (χ3n) is 4.15. The fraction of sp³-hybridized carbons (Fsp3) is 0.333. The molecule has 126 valence electrons. The Kier molecular flexibility index (Phi) is 4.55. The van der Waals surface area contributed by atoms with E-state index >= 15 is 0 Å². The van der Waals surface area contributed by atoms with Gasteiger partial charge in [0.05, 0.1) is 30.3 Å². The molecule has 2 atom stereocenters. The molecule has 1 aromatic rings. The van der Waals surface area contributed by atoms with Gasteiger partial charge in [0, 0.05) is 5.92 Å². The van der Waals surface area contributed by atoms with Gasteiger partial charge in [-0.15, -0.1) is 0 Å². The average molecular weight is 330 g/mol. The molecular formula is C18H18O6. The molecule has 0 aromatic heterocycles. The molecule has 0 spiro atoms. The second-order valence-corrected chi connectivity index (χ2v) is 5.58. The number of cyclic esters (lactones) is 2. The molecule has 3 rings (SSSR count). The number of benzene rings is 1. The molecule has 0 fully saturated rings. The van der Waals surface area contributed by atoms with E-state index in [9.17, 15) is 9.59 Å². The highest BCUT2D eigenvalue weighted by atomic mass is 16.6. The van der Waals surface area contributed by atoms with Crippen molar-refractivity contribution in [2.24, 2.45) is 0 Å². The van der Waals surface area contributed by atoms with Gasteiger partial charge in [-0.05, 0) is 23.6 Å². The SMILES string of the molecule is C=COCC1COC(=O)c2ccc3c(c2C(=O)O1)CC3COC=C. The molecule has 0 N–H and O–H groups in total. The molecule has 1 aliphatic carbocycles. The maximum absolute atomic E-state index is 12.5. The Morgan fingerprint density at radius 2 is 1.88 bits per heavy atom. The fourth-order valence-corrected chi connectivity index (χ4v) is 2.98. The number of carbonyl (C=O) groups excluding carboxylic acids is 2. The zero-order chi connectivity index (χ0) is 17.1. The summed E-state index contributed by atoms with van der Waals surface area (Å²) in [5.74, 6) is -0.879. The highest BCUT2D eigenvalue weighted by Gasteiger charge is 2.37. The molecule has 6 heteroatoms. The number of ether oxygens (including phenoxy) is 4. The van der Waals surface area contributed by atoms with E-state index in [0.717, 1.165) is 11.1 Å². The Hall–Kier alpha value is -2.76. The Bertz CT molecular complexity index is 693. The van der Waals surface area contributed by atoms with E-state index in [1.54, 1.807) is 6.07 Å². The minimum atomic E-state index is -0.663. The summed E-state index contributed by atoms with van der Waals surface area (Å²) in [4.78, 5) is 24.8. The highest BCUT2D eigenvalue weighted by molar-refractivity contribution is 6.05. The first kappa shape index (κ1) is 16.1. The first-order valence-electron chi connectivity index (χ1n) is 7.64. The van der Waals surface area contributed by atoms with Crippen molar-refractivity contribution in [3.63, 3.8) is 0 Å². The monoisotopic (exact) mass is 330 g/mol. The number of hydrogen-bond acceptors (Lipinski definition) is 6. The van der Waals surface area contributed by atoms with Crippen LogP contribution in [-0.4, -0.2) is 37.9 Å². The molecule has 0 saturated carbocycles. The zero-order valence-corrected chi connectivity index (χ0v) is 13.2. The predicted octanol–water partition coefficient (Wildman–Crippen LogP) is 2.34. The molecule has 2 unspecified atom stereocenters. The smallest absolute Gasteiger partial charge is 0.339 e. The van der Waals surface area contributed by atoms with Gasteiger partial charge in [-0.1, -0.05) is 19.2 Å². The highest BCUT2D eigenvalue weighted by Crippen LogP contribution is 2.40. The molecule has 0 amide bonds. The van der Waals surface area contributed by atoms with Crippen molar-refractivity contribution in [1.29, 1.82) is 0 Å². The molecule has 1 aromatic carbocycles. The van der Waals surface area contributed by atoms with Gasteiger partial charge >= 0.3 is 11.9 Å². The van der Waals surface area contributed by atoms with Crippen LogP contribution >= 0.6 is 0 Å². The van der Waals surface area contributed by atoms with Crippen LogP contribution in [0.25, 0.3) is 0 Å². The number of fused-ring (bicyclic) bond motifs is 3. The van der Waals surface area contributed by atoms with Crippen molar-refractivity contribution in [1.82, 2.24) is 0 Å². The quantitative estimate of drug-likeness (QED) is 0.589. The summed E-state index contributed by atoms with van der Waals surface area (Å²) in [6, 6.07) is 3.45. The minimum Gasteiger partial charge on any atom is -0.501 e. The van der Waals surface area contributed by atoms with Gasteiger partial charge in [-0.25, -0.2) is 9.59 Å². The first-order valence-corrected chi connectivity index (χ1v) is 7.64. The van der Waals surface area contributed by atoms with Gasteiger partial charge in [0.25, 0.3) is 0 Å². The Morgan fingerprint density at radius 3 is 2.62 bits per heavy atom. The molecule has 24 heavy (non-hydrogen) atoms. The lowest BCUT2D eigenvalue weighted by Crippen LogP contribution is -2.35. The zero-order valence-electron chi connectivity index (χ0n) is 13.2. The van der Waals surface area contributed by atoms with Crippen LogP contribution in [0.15, 0.2) is 37.8 Å². The summed E-state index contributed by atoms with van der Waals surface area (Å²) in [6.45, 7) is 7.48. The second-order valence-electron chi connectivity index (χ2n) is 5.58. The molecular weight excluding hydrogens is 312 g/mol. The largest absolute Gasteiger partial charge is 0.501 e. The topological polar surface area (TPSA) is 71.1 Å². The third kappa shape index (κ3) is 2.87. The Labute approximate surface area is 139 Å². The van der Waals surface area contributed by atoms with E-state index < -0.39 is 18.0 Å². The fourth-order valence-electron chi connectivity index (χ4n) is 2.98. The van der Waals surface area contributed by atoms with E-state index in [4.69, 9.17) is 18.9 Å². The summed E-state index contributed by atoms with van der Waals surface area (Å²) >= 11 is 0. The average Bonchev–Trinajstić information content (AvgIpc) is 2.56. The molecule has 2 aliphatic rings.